The number of fused-ring (bicyclic) bond motifs is 1. The molecule has 14 heavy (non-hydrogen) atoms. The highest BCUT2D eigenvalue weighted by Crippen LogP contribution is 2.32. The lowest BCUT2D eigenvalue weighted by molar-refractivity contribution is 0.372. The van der Waals surface area contributed by atoms with Crippen molar-refractivity contribution < 1.29 is 9.84 Å². The third kappa shape index (κ3) is 1.69. The lowest BCUT2D eigenvalue weighted by Gasteiger charge is -2.09. The third-order valence-corrected chi connectivity index (χ3v) is 2.89. The van der Waals surface area contributed by atoms with E-state index < -0.39 is 0 Å². The van der Waals surface area contributed by atoms with Crippen LogP contribution in [0.15, 0.2) is 12.1 Å². The number of aromatic hydroxyl groups is 1. The number of phenolic OH excluding ortho intramolecular Hbond substituents is 1. The number of benzene rings is 1. The smallest absolute Gasteiger partial charge is 0.160 e. The molecule has 0 aliphatic heterocycles. The van der Waals surface area contributed by atoms with Crippen LogP contribution in [0.25, 0.3) is 0 Å². The van der Waals surface area contributed by atoms with Crippen LogP contribution in [0.1, 0.15) is 30.4 Å². The van der Waals surface area contributed by atoms with Crippen molar-refractivity contribution >= 4 is 0 Å². The molecule has 1 aliphatic carbocycles. The Morgan fingerprint density at radius 2 is 1.71 bits per heavy atom. The minimum absolute atomic E-state index is 0.271. The molecule has 0 aromatic heterocycles. The molecular weight excluding hydrogens is 176 g/mol. The first-order valence-electron chi connectivity index (χ1n) is 5.20. The van der Waals surface area contributed by atoms with Gasteiger partial charge in [0, 0.05) is 0 Å². The largest absolute Gasteiger partial charge is 0.504 e. The predicted molar refractivity (Wildman–Crippen MR) is 55.9 cm³/mol. The van der Waals surface area contributed by atoms with Gasteiger partial charge in [0.25, 0.3) is 0 Å². The van der Waals surface area contributed by atoms with Gasteiger partial charge in [0.15, 0.2) is 11.5 Å². The van der Waals surface area contributed by atoms with Crippen molar-refractivity contribution in [2.45, 2.75) is 32.1 Å². The summed E-state index contributed by atoms with van der Waals surface area (Å²) in [6, 6.07) is 3.84. The van der Waals surface area contributed by atoms with E-state index in [0.29, 0.717) is 5.75 Å². The molecule has 1 aliphatic rings. The van der Waals surface area contributed by atoms with Crippen molar-refractivity contribution in [1.29, 1.82) is 0 Å². The molecule has 0 unspecified atom stereocenters. The molecule has 0 heterocycles. The second kappa shape index (κ2) is 3.91. The Balaban J connectivity index is 2.41. The van der Waals surface area contributed by atoms with Crippen molar-refractivity contribution in [3.8, 4) is 11.5 Å². The van der Waals surface area contributed by atoms with E-state index >= 15 is 0 Å². The van der Waals surface area contributed by atoms with Gasteiger partial charge in [0.1, 0.15) is 0 Å². The Hall–Kier alpha value is -1.18. The SMILES string of the molecule is COc1cc2c(cc1O)CCCCC2. The number of hydrogen-bond acceptors (Lipinski definition) is 2. The maximum absolute atomic E-state index is 9.63. The number of aryl methyl sites for hydroxylation is 2. The third-order valence-electron chi connectivity index (χ3n) is 2.89. The molecule has 0 atom stereocenters. The molecule has 1 N–H and O–H groups in total. The van der Waals surface area contributed by atoms with E-state index in [4.69, 9.17) is 4.74 Å². The van der Waals surface area contributed by atoms with Crippen LogP contribution >= 0.6 is 0 Å². The molecule has 2 rings (SSSR count). The molecule has 2 nitrogen and oxygen atoms in total. The summed E-state index contributed by atoms with van der Waals surface area (Å²) in [5.74, 6) is 0.874. The molecular formula is C12H16O2. The maximum Gasteiger partial charge on any atom is 0.160 e. The van der Waals surface area contributed by atoms with Gasteiger partial charge in [0.2, 0.25) is 0 Å². The molecule has 1 aromatic rings. The highest BCUT2D eigenvalue weighted by atomic mass is 16.5. The van der Waals surface area contributed by atoms with Crippen molar-refractivity contribution in [3.63, 3.8) is 0 Å². The van der Waals surface area contributed by atoms with Gasteiger partial charge >= 0.3 is 0 Å². The fourth-order valence-electron chi connectivity index (χ4n) is 2.09. The minimum atomic E-state index is 0.271. The van der Waals surface area contributed by atoms with Gasteiger partial charge in [-0.1, -0.05) is 6.42 Å². The highest BCUT2D eigenvalue weighted by Gasteiger charge is 2.11. The van der Waals surface area contributed by atoms with Crippen molar-refractivity contribution in [3.05, 3.63) is 23.3 Å². The van der Waals surface area contributed by atoms with Crippen molar-refractivity contribution in [1.82, 2.24) is 0 Å². The average molecular weight is 192 g/mol. The summed E-state index contributed by atoms with van der Waals surface area (Å²) in [5, 5.41) is 9.63. The number of ether oxygens (including phenoxy) is 1. The molecule has 2 heteroatoms. The summed E-state index contributed by atoms with van der Waals surface area (Å²) >= 11 is 0. The Morgan fingerprint density at radius 3 is 2.36 bits per heavy atom. The summed E-state index contributed by atoms with van der Waals surface area (Å²) in [7, 11) is 1.60. The first-order chi connectivity index (χ1) is 6.81. The summed E-state index contributed by atoms with van der Waals surface area (Å²) in [5.41, 5.74) is 2.64. The van der Waals surface area contributed by atoms with E-state index in [2.05, 4.69) is 0 Å². The zero-order chi connectivity index (χ0) is 9.97. The Kier molecular flexibility index (Phi) is 2.62. The Bertz CT molecular complexity index is 331. The van der Waals surface area contributed by atoms with Crippen LogP contribution < -0.4 is 4.74 Å². The molecule has 0 radical (unpaired) electrons. The lowest BCUT2D eigenvalue weighted by atomic mass is 10.0. The molecule has 1 aromatic carbocycles. The summed E-state index contributed by atoms with van der Waals surface area (Å²) in [6.45, 7) is 0. The van der Waals surface area contributed by atoms with Crippen LogP contribution in [0.5, 0.6) is 11.5 Å². The van der Waals surface area contributed by atoms with Gasteiger partial charge in [-0.15, -0.1) is 0 Å². The van der Waals surface area contributed by atoms with Crippen LogP contribution in [-0.2, 0) is 12.8 Å². The van der Waals surface area contributed by atoms with Crippen LogP contribution in [0, 0.1) is 0 Å². The quantitative estimate of drug-likeness (QED) is 0.693. The molecule has 0 spiro atoms. The summed E-state index contributed by atoms with van der Waals surface area (Å²) in [6.07, 6.45) is 5.98. The van der Waals surface area contributed by atoms with Crippen molar-refractivity contribution in [2.24, 2.45) is 0 Å². The van der Waals surface area contributed by atoms with Gasteiger partial charge in [-0.05, 0) is 48.9 Å². The van der Waals surface area contributed by atoms with Crippen LogP contribution in [-0.4, -0.2) is 12.2 Å². The summed E-state index contributed by atoms with van der Waals surface area (Å²) in [4.78, 5) is 0. The standard InChI is InChI=1S/C12H16O2/c1-14-12-8-10-6-4-2-3-5-9(10)7-11(12)13/h7-8,13H,2-6H2,1H3. The fraction of sp³-hybridized carbons (Fsp3) is 0.500. The van der Waals surface area contributed by atoms with E-state index in [1.807, 2.05) is 12.1 Å². The van der Waals surface area contributed by atoms with Crippen LogP contribution in [0.4, 0.5) is 0 Å². The normalized spacial score (nSPS) is 15.8. The second-order valence-electron chi connectivity index (χ2n) is 3.85. The zero-order valence-electron chi connectivity index (χ0n) is 8.55. The number of methoxy groups -OCH3 is 1. The molecule has 0 bridgehead atoms. The molecule has 0 saturated carbocycles. The van der Waals surface area contributed by atoms with E-state index in [0.717, 1.165) is 12.8 Å². The fourth-order valence-corrected chi connectivity index (χ4v) is 2.09. The first kappa shape index (κ1) is 9.38. The van der Waals surface area contributed by atoms with E-state index in [1.165, 1.54) is 30.4 Å². The zero-order valence-corrected chi connectivity index (χ0v) is 8.55. The monoisotopic (exact) mass is 192 g/mol. The van der Waals surface area contributed by atoms with Gasteiger partial charge in [-0.25, -0.2) is 0 Å². The lowest BCUT2D eigenvalue weighted by Crippen LogP contribution is -1.93. The van der Waals surface area contributed by atoms with Crippen molar-refractivity contribution in [2.75, 3.05) is 7.11 Å². The molecule has 0 fully saturated rings. The molecule has 0 saturated heterocycles. The Labute approximate surface area is 84.5 Å². The number of phenols is 1. The number of hydrogen-bond donors (Lipinski definition) is 1. The van der Waals surface area contributed by atoms with E-state index in [-0.39, 0.29) is 5.75 Å². The maximum atomic E-state index is 9.63. The summed E-state index contributed by atoms with van der Waals surface area (Å²) < 4.78 is 5.10. The molecule has 0 amide bonds. The van der Waals surface area contributed by atoms with Gasteiger partial charge in [-0.2, -0.15) is 0 Å². The topological polar surface area (TPSA) is 29.5 Å². The van der Waals surface area contributed by atoms with Crippen LogP contribution in [0.2, 0.25) is 0 Å². The van der Waals surface area contributed by atoms with Gasteiger partial charge < -0.3 is 9.84 Å². The number of rotatable bonds is 1. The Morgan fingerprint density at radius 1 is 1.07 bits per heavy atom. The second-order valence-corrected chi connectivity index (χ2v) is 3.85. The predicted octanol–water partition coefficient (Wildman–Crippen LogP) is 2.67. The van der Waals surface area contributed by atoms with Crippen LogP contribution in [0.3, 0.4) is 0 Å². The average Bonchev–Trinajstić information content (AvgIpc) is 2.41. The molecule has 76 valence electrons. The van der Waals surface area contributed by atoms with Gasteiger partial charge in [0.05, 0.1) is 7.11 Å². The van der Waals surface area contributed by atoms with E-state index in [9.17, 15) is 5.11 Å². The van der Waals surface area contributed by atoms with Gasteiger partial charge in [-0.3, -0.25) is 0 Å². The van der Waals surface area contributed by atoms with E-state index in [1.54, 1.807) is 7.11 Å². The highest BCUT2D eigenvalue weighted by molar-refractivity contribution is 5.46. The minimum Gasteiger partial charge on any atom is -0.504 e. The first-order valence-corrected chi connectivity index (χ1v) is 5.20.